The smallest absolute Gasteiger partial charge is 0.311 e. The topological polar surface area (TPSA) is 78.9 Å². The molecule has 0 spiro atoms. The number of carbonyl (C=O) groups is 3. The van der Waals surface area contributed by atoms with Crippen LogP contribution in [-0.2, 0) is 28.6 Å². The van der Waals surface area contributed by atoms with E-state index in [9.17, 15) is 14.4 Å². The van der Waals surface area contributed by atoms with Gasteiger partial charge in [0.15, 0.2) is 12.6 Å². The second kappa shape index (κ2) is 7.57. The minimum Gasteiger partial charge on any atom is -0.462 e. The van der Waals surface area contributed by atoms with E-state index in [1.165, 1.54) is 6.42 Å². The molecular formula is C25H36O6. The lowest BCUT2D eigenvalue weighted by Crippen LogP contribution is -2.59. The molecule has 0 aromatic carbocycles. The molecule has 0 saturated heterocycles. The number of fused-ring (bicyclic) bond motifs is 2. The molecule has 6 aliphatic rings. The first-order valence-electron chi connectivity index (χ1n) is 12.3. The van der Waals surface area contributed by atoms with Gasteiger partial charge in [-0.2, -0.15) is 0 Å². The van der Waals surface area contributed by atoms with Gasteiger partial charge in [-0.3, -0.25) is 14.4 Å². The van der Waals surface area contributed by atoms with Crippen molar-refractivity contribution in [3.63, 3.8) is 0 Å². The number of rotatable bonds is 7. The molecule has 172 valence electrons. The molecule has 6 nitrogen and oxygen atoms in total. The number of Topliss-reactive ketones (excluding diaryl/α,β-unsaturated/α-hetero) is 1. The number of hydrogen-bond acceptors (Lipinski definition) is 6. The van der Waals surface area contributed by atoms with Gasteiger partial charge in [0.2, 0.25) is 0 Å². The molecule has 6 saturated carbocycles. The van der Waals surface area contributed by atoms with Gasteiger partial charge in [-0.25, -0.2) is 0 Å². The van der Waals surface area contributed by atoms with Crippen LogP contribution in [0.3, 0.4) is 0 Å². The SMILES string of the molecule is CCC(C)(C)C(=O)OC1CC2CC(C(=O)OCOC34CC5CC(CC(C5)C3=O)C4)C1C2. The fraction of sp³-hybridized carbons (Fsp3) is 0.880. The van der Waals surface area contributed by atoms with E-state index in [-0.39, 0.29) is 48.4 Å². The lowest BCUT2D eigenvalue weighted by Gasteiger charge is -2.54. The zero-order chi connectivity index (χ0) is 22.0. The summed E-state index contributed by atoms with van der Waals surface area (Å²) in [4.78, 5) is 38.3. The van der Waals surface area contributed by atoms with Gasteiger partial charge in [0.1, 0.15) is 11.7 Å². The van der Waals surface area contributed by atoms with Crippen molar-refractivity contribution in [3.05, 3.63) is 0 Å². The summed E-state index contributed by atoms with van der Waals surface area (Å²) in [7, 11) is 0. The van der Waals surface area contributed by atoms with E-state index in [1.807, 2.05) is 20.8 Å². The van der Waals surface area contributed by atoms with Gasteiger partial charge in [0, 0.05) is 11.8 Å². The van der Waals surface area contributed by atoms with Crippen LogP contribution in [0.1, 0.15) is 78.6 Å². The van der Waals surface area contributed by atoms with Crippen LogP contribution in [0.2, 0.25) is 0 Å². The van der Waals surface area contributed by atoms with Crippen LogP contribution in [0.5, 0.6) is 0 Å². The average Bonchev–Trinajstić information content (AvgIpc) is 3.32. The zero-order valence-electron chi connectivity index (χ0n) is 19.1. The zero-order valence-corrected chi connectivity index (χ0v) is 19.1. The van der Waals surface area contributed by atoms with Crippen LogP contribution in [0, 0.1) is 40.9 Å². The van der Waals surface area contributed by atoms with Crippen LogP contribution in [0.4, 0.5) is 0 Å². The van der Waals surface area contributed by atoms with E-state index < -0.39 is 11.0 Å². The molecule has 6 fully saturated rings. The number of ether oxygens (including phenoxy) is 3. The molecule has 6 atom stereocenters. The molecule has 0 heterocycles. The van der Waals surface area contributed by atoms with E-state index in [2.05, 4.69) is 0 Å². The molecule has 6 aliphatic carbocycles. The summed E-state index contributed by atoms with van der Waals surface area (Å²) >= 11 is 0. The predicted molar refractivity (Wildman–Crippen MR) is 112 cm³/mol. The standard InChI is InChI=1S/C25H36O6/c1-4-24(2,3)23(28)31-20-10-14-8-18(20)19(9-14)22(27)29-13-30-25-11-15-5-16(12-25)7-17(6-15)21(25)26/h14-20H,4-13H2,1-3H3. The lowest BCUT2D eigenvalue weighted by atomic mass is 9.53. The van der Waals surface area contributed by atoms with Crippen molar-refractivity contribution < 1.29 is 28.6 Å². The average molecular weight is 433 g/mol. The largest absolute Gasteiger partial charge is 0.462 e. The third kappa shape index (κ3) is 3.63. The number of carbonyl (C=O) groups excluding carboxylic acids is 3. The van der Waals surface area contributed by atoms with Crippen LogP contribution < -0.4 is 0 Å². The van der Waals surface area contributed by atoms with Gasteiger partial charge in [-0.1, -0.05) is 6.92 Å². The van der Waals surface area contributed by atoms with Gasteiger partial charge in [0.25, 0.3) is 0 Å². The lowest BCUT2D eigenvalue weighted by molar-refractivity contribution is -0.210. The number of hydrogen-bond donors (Lipinski definition) is 0. The molecule has 6 bridgehead atoms. The summed E-state index contributed by atoms with van der Waals surface area (Å²) in [5, 5.41) is 0. The summed E-state index contributed by atoms with van der Waals surface area (Å²) in [6.07, 6.45) is 7.90. The summed E-state index contributed by atoms with van der Waals surface area (Å²) in [5.74, 6) is 1.32. The van der Waals surface area contributed by atoms with Gasteiger partial charge in [0.05, 0.1) is 11.3 Å². The monoisotopic (exact) mass is 432 g/mol. The highest BCUT2D eigenvalue weighted by Crippen LogP contribution is 2.55. The first kappa shape index (κ1) is 21.4. The van der Waals surface area contributed by atoms with E-state index in [1.54, 1.807) is 0 Å². The van der Waals surface area contributed by atoms with Crippen molar-refractivity contribution in [1.82, 2.24) is 0 Å². The van der Waals surface area contributed by atoms with Crippen molar-refractivity contribution in [3.8, 4) is 0 Å². The van der Waals surface area contributed by atoms with Gasteiger partial charge in [-0.15, -0.1) is 0 Å². The Labute approximate surface area is 184 Å². The maximum atomic E-state index is 12.9. The van der Waals surface area contributed by atoms with E-state index >= 15 is 0 Å². The Morgan fingerprint density at radius 2 is 1.71 bits per heavy atom. The normalized spacial score (nSPS) is 42.8. The van der Waals surface area contributed by atoms with Crippen molar-refractivity contribution in [1.29, 1.82) is 0 Å². The Morgan fingerprint density at radius 1 is 1.00 bits per heavy atom. The fourth-order valence-corrected chi connectivity index (χ4v) is 7.33. The highest BCUT2D eigenvalue weighted by atomic mass is 16.7. The molecule has 0 aromatic rings. The van der Waals surface area contributed by atoms with E-state index in [4.69, 9.17) is 14.2 Å². The Kier molecular flexibility index (Phi) is 5.23. The molecule has 0 aliphatic heterocycles. The Bertz CT molecular complexity index is 758. The highest BCUT2D eigenvalue weighted by Gasteiger charge is 2.58. The van der Waals surface area contributed by atoms with Gasteiger partial charge < -0.3 is 14.2 Å². The number of ketones is 1. The van der Waals surface area contributed by atoms with Crippen molar-refractivity contribution in [2.45, 2.75) is 90.3 Å². The van der Waals surface area contributed by atoms with Crippen LogP contribution in [-0.4, -0.2) is 36.2 Å². The van der Waals surface area contributed by atoms with Crippen molar-refractivity contribution in [2.75, 3.05) is 6.79 Å². The van der Waals surface area contributed by atoms with Crippen LogP contribution >= 0.6 is 0 Å². The second-order valence-electron chi connectivity index (χ2n) is 11.7. The van der Waals surface area contributed by atoms with Crippen molar-refractivity contribution >= 4 is 17.7 Å². The maximum Gasteiger partial charge on any atom is 0.311 e. The maximum absolute atomic E-state index is 12.9. The van der Waals surface area contributed by atoms with Gasteiger partial charge in [-0.05, 0) is 89.4 Å². The van der Waals surface area contributed by atoms with E-state index in [0.29, 0.717) is 17.8 Å². The molecular weight excluding hydrogens is 396 g/mol. The molecule has 0 N–H and O–H groups in total. The Hall–Kier alpha value is -1.43. The predicted octanol–water partition coefficient (Wildman–Crippen LogP) is 4.05. The molecule has 6 heteroatoms. The molecule has 0 amide bonds. The molecule has 0 radical (unpaired) electrons. The Morgan fingerprint density at radius 3 is 2.35 bits per heavy atom. The second-order valence-corrected chi connectivity index (χ2v) is 11.7. The summed E-state index contributed by atoms with van der Waals surface area (Å²) < 4.78 is 17.4. The molecule has 31 heavy (non-hydrogen) atoms. The fourth-order valence-electron chi connectivity index (χ4n) is 7.33. The first-order valence-corrected chi connectivity index (χ1v) is 12.3. The minimum atomic E-state index is -0.715. The molecule has 6 rings (SSSR count). The Balaban J connectivity index is 1.15. The quantitative estimate of drug-likeness (QED) is 0.446. The molecule has 0 aromatic heterocycles. The third-order valence-corrected chi connectivity index (χ3v) is 9.25. The summed E-state index contributed by atoms with van der Waals surface area (Å²) in [5.41, 5.74) is -1.22. The number of esters is 2. The minimum absolute atomic E-state index is 0.0373. The van der Waals surface area contributed by atoms with Crippen molar-refractivity contribution in [2.24, 2.45) is 40.9 Å². The van der Waals surface area contributed by atoms with Gasteiger partial charge >= 0.3 is 11.9 Å². The first-order chi connectivity index (χ1) is 14.7. The summed E-state index contributed by atoms with van der Waals surface area (Å²) in [6, 6.07) is 0. The van der Waals surface area contributed by atoms with Crippen LogP contribution in [0.25, 0.3) is 0 Å². The molecule has 6 unspecified atom stereocenters. The third-order valence-electron chi connectivity index (χ3n) is 9.25. The van der Waals surface area contributed by atoms with Crippen LogP contribution in [0.15, 0.2) is 0 Å². The highest BCUT2D eigenvalue weighted by molar-refractivity contribution is 5.91. The van der Waals surface area contributed by atoms with E-state index in [0.717, 1.165) is 51.4 Å². The summed E-state index contributed by atoms with van der Waals surface area (Å²) in [6.45, 7) is 5.64.